The molecule has 0 aliphatic heterocycles. The van der Waals surface area contributed by atoms with E-state index in [2.05, 4.69) is 10.5 Å². The maximum absolute atomic E-state index is 12.4. The molecule has 0 aliphatic rings. The van der Waals surface area contributed by atoms with Gasteiger partial charge in [-0.3, -0.25) is 4.79 Å². The van der Waals surface area contributed by atoms with Gasteiger partial charge in [0.05, 0.1) is 6.21 Å². The summed E-state index contributed by atoms with van der Waals surface area (Å²) in [6, 6.07) is 31.1. The van der Waals surface area contributed by atoms with Gasteiger partial charge in [0, 0.05) is 11.1 Å². The van der Waals surface area contributed by atoms with Crippen LogP contribution in [-0.2, 0) is 6.61 Å². The first-order valence-electron chi connectivity index (χ1n) is 9.37. The van der Waals surface area contributed by atoms with Gasteiger partial charge in [-0.2, -0.15) is 5.10 Å². The second-order valence-electron chi connectivity index (χ2n) is 6.57. The Morgan fingerprint density at radius 2 is 1.55 bits per heavy atom. The minimum Gasteiger partial charge on any atom is -0.488 e. The predicted molar refractivity (Wildman–Crippen MR) is 116 cm³/mol. The van der Waals surface area contributed by atoms with Gasteiger partial charge in [0.15, 0.2) is 0 Å². The summed E-state index contributed by atoms with van der Waals surface area (Å²) in [5.41, 5.74) is 5.03. The van der Waals surface area contributed by atoms with Crippen molar-refractivity contribution in [2.75, 3.05) is 0 Å². The normalized spacial score (nSPS) is 10.9. The van der Waals surface area contributed by atoms with Crippen molar-refractivity contribution in [1.82, 2.24) is 5.43 Å². The number of fused-ring (bicyclic) bond motifs is 1. The molecule has 1 N–H and O–H groups in total. The third-order valence-corrected chi connectivity index (χ3v) is 4.54. The van der Waals surface area contributed by atoms with Crippen LogP contribution >= 0.6 is 0 Å². The van der Waals surface area contributed by atoms with Crippen LogP contribution in [0.2, 0.25) is 0 Å². The zero-order valence-corrected chi connectivity index (χ0v) is 15.8. The highest BCUT2D eigenvalue weighted by atomic mass is 16.5. The quantitative estimate of drug-likeness (QED) is 0.370. The van der Waals surface area contributed by atoms with Crippen LogP contribution < -0.4 is 10.2 Å². The molecule has 0 heterocycles. The Balaban J connectivity index is 1.42. The highest BCUT2D eigenvalue weighted by Crippen LogP contribution is 2.18. The molecule has 0 saturated carbocycles. The molecule has 1 amide bonds. The van der Waals surface area contributed by atoms with E-state index in [0.717, 1.165) is 21.9 Å². The number of hydrazone groups is 1. The number of para-hydroxylation sites is 1. The molecule has 0 fully saturated rings. The van der Waals surface area contributed by atoms with Crippen LogP contribution in [0.15, 0.2) is 102 Å². The lowest BCUT2D eigenvalue weighted by Crippen LogP contribution is -2.17. The van der Waals surface area contributed by atoms with Gasteiger partial charge in [-0.25, -0.2) is 5.43 Å². The van der Waals surface area contributed by atoms with Gasteiger partial charge in [0.1, 0.15) is 12.4 Å². The van der Waals surface area contributed by atoms with E-state index >= 15 is 0 Å². The topological polar surface area (TPSA) is 50.7 Å². The van der Waals surface area contributed by atoms with Gasteiger partial charge >= 0.3 is 0 Å². The van der Waals surface area contributed by atoms with Crippen molar-refractivity contribution in [3.63, 3.8) is 0 Å². The fourth-order valence-corrected chi connectivity index (χ4v) is 3.01. The molecule has 0 bridgehead atoms. The Hall–Kier alpha value is -3.92. The standard InChI is InChI=1S/C25H20N2O2/c28-25(22-15-14-20-10-4-5-11-21(20)16-22)27-26-17-23-12-6-7-13-24(23)29-18-19-8-2-1-3-9-19/h1-17H,18H2,(H,27,28)/b26-17+. The first kappa shape index (κ1) is 18.4. The van der Waals surface area contributed by atoms with Gasteiger partial charge in [-0.1, -0.05) is 72.8 Å². The number of benzene rings is 4. The Morgan fingerprint density at radius 1 is 0.828 bits per heavy atom. The number of rotatable bonds is 6. The summed E-state index contributed by atoms with van der Waals surface area (Å²) in [6.07, 6.45) is 1.60. The molecule has 0 saturated heterocycles. The molecule has 4 heteroatoms. The summed E-state index contributed by atoms with van der Waals surface area (Å²) in [5.74, 6) is 0.453. The van der Waals surface area contributed by atoms with Crippen LogP contribution in [0.25, 0.3) is 10.8 Å². The van der Waals surface area contributed by atoms with Crippen molar-refractivity contribution in [3.8, 4) is 5.75 Å². The molecule has 29 heavy (non-hydrogen) atoms. The number of amides is 1. The first-order valence-corrected chi connectivity index (χ1v) is 9.37. The van der Waals surface area contributed by atoms with Crippen molar-refractivity contribution >= 4 is 22.9 Å². The molecular formula is C25H20N2O2. The monoisotopic (exact) mass is 380 g/mol. The number of hydrogen-bond acceptors (Lipinski definition) is 3. The smallest absolute Gasteiger partial charge is 0.271 e. The second kappa shape index (κ2) is 8.85. The Bertz CT molecular complexity index is 1150. The minimum absolute atomic E-state index is 0.255. The highest BCUT2D eigenvalue weighted by molar-refractivity contribution is 5.99. The van der Waals surface area contributed by atoms with Gasteiger partial charge in [-0.15, -0.1) is 0 Å². The van der Waals surface area contributed by atoms with Crippen molar-refractivity contribution < 1.29 is 9.53 Å². The lowest BCUT2D eigenvalue weighted by Gasteiger charge is -2.09. The van der Waals surface area contributed by atoms with E-state index in [9.17, 15) is 4.79 Å². The van der Waals surface area contributed by atoms with Crippen molar-refractivity contribution in [1.29, 1.82) is 0 Å². The minimum atomic E-state index is -0.255. The fraction of sp³-hybridized carbons (Fsp3) is 0.0400. The zero-order chi connectivity index (χ0) is 19.9. The van der Waals surface area contributed by atoms with E-state index in [4.69, 9.17) is 4.74 Å². The average molecular weight is 380 g/mol. The van der Waals surface area contributed by atoms with Crippen molar-refractivity contribution in [3.05, 3.63) is 114 Å². The molecule has 0 aromatic heterocycles. The number of nitrogens with zero attached hydrogens (tertiary/aromatic N) is 1. The molecule has 4 aromatic rings. The number of carbonyl (C=O) groups excluding carboxylic acids is 1. The van der Waals surface area contributed by atoms with Gasteiger partial charge in [-0.05, 0) is 40.6 Å². The molecule has 0 unspecified atom stereocenters. The summed E-state index contributed by atoms with van der Waals surface area (Å²) >= 11 is 0. The molecule has 142 valence electrons. The van der Waals surface area contributed by atoms with Crippen LogP contribution in [0.3, 0.4) is 0 Å². The lowest BCUT2D eigenvalue weighted by molar-refractivity contribution is 0.0955. The van der Waals surface area contributed by atoms with E-state index in [0.29, 0.717) is 17.9 Å². The third kappa shape index (κ3) is 4.68. The van der Waals surface area contributed by atoms with Gasteiger partial charge < -0.3 is 4.74 Å². The van der Waals surface area contributed by atoms with Crippen LogP contribution in [0.4, 0.5) is 0 Å². The number of ether oxygens (including phenoxy) is 1. The first-order chi connectivity index (χ1) is 14.3. The highest BCUT2D eigenvalue weighted by Gasteiger charge is 2.06. The summed E-state index contributed by atoms with van der Waals surface area (Å²) in [7, 11) is 0. The number of nitrogens with one attached hydrogen (secondary N) is 1. The van der Waals surface area contributed by atoms with Gasteiger partial charge in [0.25, 0.3) is 5.91 Å². The van der Waals surface area contributed by atoms with E-state index in [1.807, 2.05) is 91.0 Å². The third-order valence-electron chi connectivity index (χ3n) is 4.54. The van der Waals surface area contributed by atoms with Crippen molar-refractivity contribution in [2.45, 2.75) is 6.61 Å². The van der Waals surface area contributed by atoms with Crippen LogP contribution in [0.1, 0.15) is 21.5 Å². The summed E-state index contributed by atoms with van der Waals surface area (Å²) in [4.78, 5) is 12.4. The predicted octanol–water partition coefficient (Wildman–Crippen LogP) is 5.18. The number of carbonyl (C=O) groups is 1. The van der Waals surface area contributed by atoms with E-state index in [-0.39, 0.29) is 5.91 Å². The Labute approximate surface area is 169 Å². The van der Waals surface area contributed by atoms with E-state index in [1.165, 1.54) is 0 Å². The van der Waals surface area contributed by atoms with Crippen LogP contribution in [0, 0.1) is 0 Å². The zero-order valence-electron chi connectivity index (χ0n) is 15.8. The van der Waals surface area contributed by atoms with Crippen LogP contribution in [-0.4, -0.2) is 12.1 Å². The molecule has 4 rings (SSSR count). The molecule has 0 radical (unpaired) electrons. The maximum atomic E-state index is 12.4. The summed E-state index contributed by atoms with van der Waals surface area (Å²) < 4.78 is 5.91. The SMILES string of the molecule is O=C(N/N=C/c1ccccc1OCc1ccccc1)c1ccc2ccccc2c1. The molecule has 0 aliphatic carbocycles. The summed E-state index contributed by atoms with van der Waals surface area (Å²) in [5, 5.41) is 6.22. The van der Waals surface area contributed by atoms with Gasteiger partial charge in [0.2, 0.25) is 0 Å². The molecule has 0 spiro atoms. The van der Waals surface area contributed by atoms with E-state index in [1.54, 1.807) is 12.3 Å². The molecule has 4 nitrogen and oxygen atoms in total. The average Bonchev–Trinajstić information content (AvgIpc) is 2.78. The fourth-order valence-electron chi connectivity index (χ4n) is 3.01. The lowest BCUT2D eigenvalue weighted by atomic mass is 10.1. The van der Waals surface area contributed by atoms with E-state index < -0.39 is 0 Å². The Morgan fingerprint density at radius 3 is 2.41 bits per heavy atom. The summed E-state index contributed by atoms with van der Waals surface area (Å²) in [6.45, 7) is 0.467. The number of hydrogen-bond donors (Lipinski definition) is 1. The second-order valence-corrected chi connectivity index (χ2v) is 6.57. The Kier molecular flexibility index (Phi) is 5.63. The molecule has 0 atom stereocenters. The largest absolute Gasteiger partial charge is 0.488 e. The maximum Gasteiger partial charge on any atom is 0.271 e. The molecule has 4 aromatic carbocycles. The molecular weight excluding hydrogens is 360 g/mol. The van der Waals surface area contributed by atoms with Crippen molar-refractivity contribution in [2.24, 2.45) is 5.10 Å². The van der Waals surface area contributed by atoms with Crippen LogP contribution in [0.5, 0.6) is 5.75 Å².